The van der Waals surface area contributed by atoms with Crippen LogP contribution in [0.2, 0.25) is 0 Å². The van der Waals surface area contributed by atoms with Gasteiger partial charge in [0.05, 0.1) is 43.6 Å². The highest BCUT2D eigenvalue weighted by atomic mass is 32.2. The standard InChI is InChI=1S/C26H26N4O4S.CH3NO/c27-14-18-11-21(35-16-18)15-28-25(32)23-13-26(33-9-10-34-26)17-30(23)24(31)12-20-7-4-8-22(29-20)19-5-2-1-3-6-19;2-1-3/h1-8,16,21,23H,9-13,15,17H2,(H,28,32);1H,(H2,2,3). The van der Waals surface area contributed by atoms with Crippen LogP contribution in [0.15, 0.2) is 59.5 Å². The van der Waals surface area contributed by atoms with E-state index in [0.29, 0.717) is 38.3 Å². The number of allylic oxidation sites excluding steroid dienone is 1. The summed E-state index contributed by atoms with van der Waals surface area (Å²) in [6.07, 6.45) is 1.25. The molecule has 0 saturated carbocycles. The molecular weight excluding hydrogens is 506 g/mol. The summed E-state index contributed by atoms with van der Waals surface area (Å²) in [7, 11) is 0. The molecule has 0 aliphatic carbocycles. The first-order valence-corrected chi connectivity index (χ1v) is 13.2. The van der Waals surface area contributed by atoms with Crippen molar-refractivity contribution in [3.05, 3.63) is 65.2 Å². The average Bonchev–Trinajstić information content (AvgIpc) is 3.69. The molecule has 4 heterocycles. The molecule has 2 unspecified atom stereocenters. The number of likely N-dealkylation sites (tertiary alicyclic amines) is 1. The second-order valence-electron chi connectivity index (χ2n) is 9.00. The van der Waals surface area contributed by atoms with Crippen molar-refractivity contribution < 1.29 is 23.9 Å². The van der Waals surface area contributed by atoms with E-state index in [1.165, 1.54) is 0 Å². The molecule has 3 aliphatic rings. The van der Waals surface area contributed by atoms with Crippen molar-refractivity contribution in [3.8, 4) is 17.3 Å². The van der Waals surface area contributed by atoms with Crippen LogP contribution in [0.25, 0.3) is 11.3 Å². The molecule has 1 aromatic carbocycles. The van der Waals surface area contributed by atoms with Gasteiger partial charge in [-0.25, -0.2) is 0 Å². The number of aromatic nitrogens is 1. The molecule has 38 heavy (non-hydrogen) atoms. The fraction of sp³-hybridized carbons (Fsp3) is 0.370. The molecule has 2 aromatic rings. The molecule has 1 spiro atoms. The zero-order chi connectivity index (χ0) is 27.0. The van der Waals surface area contributed by atoms with E-state index in [1.807, 2.05) is 53.9 Å². The number of nitrogens with two attached hydrogens (primary N) is 1. The van der Waals surface area contributed by atoms with Gasteiger partial charge in [0.15, 0.2) is 5.79 Å². The number of hydrogen-bond donors (Lipinski definition) is 2. The van der Waals surface area contributed by atoms with Crippen LogP contribution in [0.3, 0.4) is 0 Å². The van der Waals surface area contributed by atoms with Gasteiger partial charge in [0.1, 0.15) is 6.04 Å². The minimum absolute atomic E-state index is 0.0778. The molecule has 198 valence electrons. The van der Waals surface area contributed by atoms with E-state index in [1.54, 1.807) is 16.7 Å². The Labute approximate surface area is 225 Å². The first kappa shape index (κ1) is 27.3. The van der Waals surface area contributed by atoms with Gasteiger partial charge in [-0.05, 0) is 24.0 Å². The smallest absolute Gasteiger partial charge is 0.243 e. The van der Waals surface area contributed by atoms with Crippen molar-refractivity contribution in [2.24, 2.45) is 5.73 Å². The number of benzene rings is 1. The maximum atomic E-state index is 13.4. The predicted molar refractivity (Wildman–Crippen MR) is 141 cm³/mol. The first-order chi connectivity index (χ1) is 18.5. The normalized spacial score (nSPS) is 21.2. The van der Waals surface area contributed by atoms with E-state index < -0.39 is 11.8 Å². The number of rotatable bonds is 6. The summed E-state index contributed by atoms with van der Waals surface area (Å²) in [5, 5.41) is 14.0. The lowest BCUT2D eigenvalue weighted by atomic mass is 10.1. The van der Waals surface area contributed by atoms with Crippen LogP contribution in [0.4, 0.5) is 0 Å². The number of ether oxygens (including phenoxy) is 2. The van der Waals surface area contributed by atoms with Crippen molar-refractivity contribution in [1.29, 1.82) is 5.26 Å². The summed E-state index contributed by atoms with van der Waals surface area (Å²) in [4.78, 5) is 41.4. The highest BCUT2D eigenvalue weighted by Crippen LogP contribution is 2.35. The number of primary amides is 1. The fourth-order valence-corrected chi connectivity index (χ4v) is 5.65. The molecule has 2 fully saturated rings. The number of amides is 3. The molecule has 3 N–H and O–H groups in total. The number of nitriles is 1. The largest absolute Gasteiger partial charge is 0.372 e. The maximum Gasteiger partial charge on any atom is 0.243 e. The van der Waals surface area contributed by atoms with Gasteiger partial charge in [0.25, 0.3) is 0 Å². The Morgan fingerprint density at radius 1 is 1.21 bits per heavy atom. The Bertz CT molecular complexity index is 1230. The first-order valence-electron chi connectivity index (χ1n) is 12.2. The molecule has 1 aromatic heterocycles. The van der Waals surface area contributed by atoms with Gasteiger partial charge in [-0.15, -0.1) is 11.8 Å². The van der Waals surface area contributed by atoms with E-state index >= 15 is 0 Å². The predicted octanol–water partition coefficient (Wildman–Crippen LogP) is 1.77. The number of hydrogen-bond acceptors (Lipinski definition) is 8. The molecule has 5 rings (SSSR count). The molecule has 2 saturated heterocycles. The summed E-state index contributed by atoms with van der Waals surface area (Å²) in [5.74, 6) is -1.36. The molecular formula is C27H29N5O5S. The zero-order valence-corrected chi connectivity index (χ0v) is 21.6. The number of pyridine rings is 1. The topological polar surface area (TPSA) is 148 Å². The van der Waals surface area contributed by atoms with Gasteiger partial charge in [-0.3, -0.25) is 19.4 Å². The fourth-order valence-electron chi connectivity index (χ4n) is 4.69. The summed E-state index contributed by atoms with van der Waals surface area (Å²) < 4.78 is 11.7. The lowest BCUT2D eigenvalue weighted by Crippen LogP contribution is -2.47. The zero-order valence-electron chi connectivity index (χ0n) is 20.7. The SMILES string of the molecule is N#CC1=CSC(CNC(=O)C2CC3(CN2C(=O)Cc2cccc(-c4ccccc4)n2)OCCO3)C1.NC=O. The number of carbonyl (C=O) groups is 3. The Balaban J connectivity index is 0.00000107. The van der Waals surface area contributed by atoms with Crippen LogP contribution in [0.1, 0.15) is 18.5 Å². The highest BCUT2D eigenvalue weighted by Gasteiger charge is 2.52. The van der Waals surface area contributed by atoms with Gasteiger partial charge in [-0.2, -0.15) is 5.26 Å². The minimum Gasteiger partial charge on any atom is -0.372 e. The van der Waals surface area contributed by atoms with Gasteiger partial charge >= 0.3 is 0 Å². The molecule has 11 heteroatoms. The van der Waals surface area contributed by atoms with Crippen molar-refractivity contribution in [2.45, 2.75) is 36.3 Å². The number of carbonyl (C=O) groups excluding carboxylic acids is 3. The molecule has 3 amide bonds. The van der Waals surface area contributed by atoms with Crippen molar-refractivity contribution >= 4 is 30.0 Å². The third-order valence-corrected chi connectivity index (χ3v) is 7.57. The van der Waals surface area contributed by atoms with Crippen LogP contribution in [0, 0.1) is 11.3 Å². The Morgan fingerprint density at radius 2 is 1.95 bits per heavy atom. The molecule has 3 aliphatic heterocycles. The number of nitrogens with zero attached hydrogens (tertiary/aromatic N) is 3. The van der Waals surface area contributed by atoms with Crippen LogP contribution in [-0.4, -0.2) is 71.5 Å². The van der Waals surface area contributed by atoms with Crippen molar-refractivity contribution in [1.82, 2.24) is 15.2 Å². The summed E-state index contributed by atoms with van der Waals surface area (Å²) in [6, 6.07) is 16.9. The molecule has 0 bridgehead atoms. The van der Waals surface area contributed by atoms with Gasteiger partial charge in [-0.1, -0.05) is 36.4 Å². The van der Waals surface area contributed by atoms with Gasteiger partial charge in [0.2, 0.25) is 18.2 Å². The number of thioether (sulfide) groups is 1. The van der Waals surface area contributed by atoms with Crippen molar-refractivity contribution in [2.75, 3.05) is 26.3 Å². The summed E-state index contributed by atoms with van der Waals surface area (Å²) in [5.41, 5.74) is 7.31. The Hall–Kier alpha value is -3.72. The van der Waals surface area contributed by atoms with Crippen LogP contribution < -0.4 is 11.1 Å². The van der Waals surface area contributed by atoms with Crippen molar-refractivity contribution in [3.63, 3.8) is 0 Å². The Kier molecular flexibility index (Phi) is 9.12. The summed E-state index contributed by atoms with van der Waals surface area (Å²) in [6.45, 7) is 1.52. The molecule has 10 nitrogen and oxygen atoms in total. The number of nitrogens with one attached hydrogen (secondary N) is 1. The molecule has 2 atom stereocenters. The van der Waals surface area contributed by atoms with Crippen LogP contribution in [0.5, 0.6) is 0 Å². The maximum absolute atomic E-state index is 13.4. The Morgan fingerprint density at radius 3 is 2.63 bits per heavy atom. The lowest BCUT2D eigenvalue weighted by molar-refractivity contribution is -0.152. The van der Waals surface area contributed by atoms with E-state index in [0.717, 1.165) is 16.8 Å². The van der Waals surface area contributed by atoms with E-state index in [9.17, 15) is 9.59 Å². The lowest BCUT2D eigenvalue weighted by Gasteiger charge is -2.24. The van der Waals surface area contributed by atoms with Crippen LogP contribution >= 0.6 is 11.8 Å². The second-order valence-corrected chi connectivity index (χ2v) is 10.2. The van der Waals surface area contributed by atoms with Gasteiger partial charge in [0, 0.05) is 29.4 Å². The van der Waals surface area contributed by atoms with E-state index in [4.69, 9.17) is 19.5 Å². The third-order valence-electron chi connectivity index (χ3n) is 6.43. The monoisotopic (exact) mass is 535 g/mol. The third kappa shape index (κ3) is 6.58. The summed E-state index contributed by atoms with van der Waals surface area (Å²) >= 11 is 1.55. The minimum atomic E-state index is -0.936. The van der Waals surface area contributed by atoms with Crippen LogP contribution in [-0.2, 0) is 30.3 Å². The second kappa shape index (κ2) is 12.7. The highest BCUT2D eigenvalue weighted by molar-refractivity contribution is 8.03. The van der Waals surface area contributed by atoms with E-state index in [-0.39, 0.29) is 36.4 Å². The average molecular weight is 536 g/mol. The van der Waals surface area contributed by atoms with Gasteiger partial charge < -0.3 is 25.4 Å². The quantitative estimate of drug-likeness (QED) is 0.532. The molecule has 0 radical (unpaired) electrons. The van der Waals surface area contributed by atoms with E-state index in [2.05, 4.69) is 22.1 Å².